The van der Waals surface area contributed by atoms with E-state index in [1.165, 1.54) is 11.1 Å². The molecule has 2 amide bonds. The lowest BCUT2D eigenvalue weighted by Crippen LogP contribution is -2.50. The first-order valence-electron chi connectivity index (χ1n) is 10.1. The number of pyridine rings is 1. The number of aliphatic imine (C=N–C) groups is 1. The van der Waals surface area contributed by atoms with Crippen molar-refractivity contribution in [3.63, 3.8) is 0 Å². The zero-order valence-corrected chi connectivity index (χ0v) is 18.2. The number of nitrogens with one attached hydrogen (secondary N) is 3. The lowest BCUT2D eigenvalue weighted by Gasteiger charge is -2.24. The van der Waals surface area contributed by atoms with E-state index >= 15 is 0 Å². The monoisotopic (exact) mass is 424 g/mol. The highest BCUT2D eigenvalue weighted by Gasteiger charge is 2.41. The van der Waals surface area contributed by atoms with E-state index in [-0.39, 0.29) is 17.4 Å². The van der Waals surface area contributed by atoms with Gasteiger partial charge in [-0.2, -0.15) is 5.10 Å². The van der Waals surface area contributed by atoms with Crippen LogP contribution in [0.25, 0.3) is 5.82 Å². The molecular weight excluding hydrogens is 396 g/mol. The first-order valence-corrected chi connectivity index (χ1v) is 10.1. The van der Waals surface area contributed by atoms with Crippen LogP contribution in [0.3, 0.4) is 0 Å². The van der Waals surface area contributed by atoms with E-state index in [0.29, 0.717) is 25.3 Å². The van der Waals surface area contributed by atoms with Crippen molar-refractivity contribution in [3.8, 4) is 5.82 Å². The second-order valence-electron chi connectivity index (χ2n) is 8.04. The Morgan fingerprint density at radius 2 is 2.19 bits per heavy atom. The van der Waals surface area contributed by atoms with E-state index in [0.717, 1.165) is 5.56 Å². The van der Waals surface area contributed by atoms with Crippen LogP contribution in [0.15, 0.2) is 35.6 Å². The summed E-state index contributed by atoms with van der Waals surface area (Å²) >= 11 is 0. The van der Waals surface area contributed by atoms with Gasteiger partial charge in [0, 0.05) is 43.5 Å². The fourth-order valence-electron chi connectivity index (χ4n) is 3.36. The summed E-state index contributed by atoms with van der Waals surface area (Å²) in [5.74, 6) is -0.0980. The van der Waals surface area contributed by atoms with Crippen LogP contribution in [0, 0.1) is 10.8 Å². The van der Waals surface area contributed by atoms with Crippen LogP contribution in [-0.2, 0) is 11.3 Å². The van der Waals surface area contributed by atoms with Crippen LogP contribution < -0.4 is 10.6 Å². The Labute approximate surface area is 181 Å². The summed E-state index contributed by atoms with van der Waals surface area (Å²) in [5, 5.41) is 18.6. The molecule has 1 aliphatic rings. The number of aromatic nitrogens is 3. The van der Waals surface area contributed by atoms with Crippen molar-refractivity contribution in [2.45, 2.75) is 32.9 Å². The van der Waals surface area contributed by atoms with E-state index in [1.54, 1.807) is 36.1 Å². The molecule has 1 saturated heterocycles. The zero-order valence-electron chi connectivity index (χ0n) is 18.2. The van der Waals surface area contributed by atoms with Crippen LogP contribution in [0.2, 0.25) is 0 Å². The lowest BCUT2D eigenvalue weighted by molar-refractivity contribution is -0.131. The van der Waals surface area contributed by atoms with Gasteiger partial charge in [-0.1, -0.05) is 19.9 Å². The third-order valence-corrected chi connectivity index (χ3v) is 5.17. The normalized spacial score (nSPS) is 16.6. The van der Waals surface area contributed by atoms with E-state index in [4.69, 9.17) is 5.41 Å². The topological polar surface area (TPSA) is 128 Å². The quantitative estimate of drug-likeness (QED) is 0.452. The SMILES string of the molecule is CN=CC(NC(=O)c1cccc(-n2cc(CNC)cn2)n1)C(=N)N1CCC(C)(C)C1=O. The summed E-state index contributed by atoms with van der Waals surface area (Å²) in [5.41, 5.74) is 0.652. The van der Waals surface area contributed by atoms with E-state index in [1.807, 2.05) is 27.1 Å². The molecule has 10 nitrogen and oxygen atoms in total. The van der Waals surface area contributed by atoms with E-state index < -0.39 is 17.4 Å². The molecule has 164 valence electrons. The van der Waals surface area contributed by atoms with Gasteiger partial charge in [-0.3, -0.25) is 24.9 Å². The fraction of sp³-hybridized carbons (Fsp3) is 0.429. The Hall–Kier alpha value is -3.40. The summed E-state index contributed by atoms with van der Waals surface area (Å²) < 4.78 is 1.60. The molecule has 3 heterocycles. The van der Waals surface area contributed by atoms with Crippen LogP contribution in [0.4, 0.5) is 0 Å². The van der Waals surface area contributed by atoms with Crippen LogP contribution in [0.1, 0.15) is 36.3 Å². The predicted octanol–water partition coefficient (Wildman–Crippen LogP) is 1.02. The van der Waals surface area contributed by atoms with Gasteiger partial charge in [-0.15, -0.1) is 0 Å². The Balaban J connectivity index is 1.77. The Bertz CT molecular complexity index is 1010. The third kappa shape index (κ3) is 4.85. The Morgan fingerprint density at radius 3 is 2.84 bits per heavy atom. The number of carbonyl (C=O) groups is 2. The molecule has 0 saturated carbocycles. The van der Waals surface area contributed by atoms with Crippen molar-refractivity contribution in [2.24, 2.45) is 10.4 Å². The smallest absolute Gasteiger partial charge is 0.270 e. The van der Waals surface area contributed by atoms with Gasteiger partial charge in [-0.25, -0.2) is 9.67 Å². The molecule has 1 aliphatic heterocycles. The van der Waals surface area contributed by atoms with Gasteiger partial charge in [-0.05, 0) is 25.6 Å². The van der Waals surface area contributed by atoms with E-state index in [2.05, 4.69) is 25.7 Å². The molecule has 0 bridgehead atoms. The number of amides is 2. The summed E-state index contributed by atoms with van der Waals surface area (Å²) in [6, 6.07) is 4.22. The molecule has 1 fully saturated rings. The van der Waals surface area contributed by atoms with Gasteiger partial charge < -0.3 is 10.6 Å². The largest absolute Gasteiger partial charge is 0.336 e. The van der Waals surface area contributed by atoms with Gasteiger partial charge in [0.05, 0.1) is 6.20 Å². The Kier molecular flexibility index (Phi) is 6.59. The van der Waals surface area contributed by atoms with Gasteiger partial charge >= 0.3 is 0 Å². The van der Waals surface area contributed by atoms with Crippen molar-refractivity contribution in [1.82, 2.24) is 30.3 Å². The maximum atomic E-state index is 12.9. The standard InChI is InChI=1S/C21H28N8O2/c1-21(2)8-9-28(20(21)31)18(22)16(12-24-4)27-19(30)15-6-5-7-17(26-15)29-13-14(10-23-3)11-25-29/h5-7,11-13,16,22-23H,8-10H2,1-4H3,(H,27,30). The molecule has 0 aromatic carbocycles. The average molecular weight is 425 g/mol. The average Bonchev–Trinajstić information content (AvgIpc) is 3.32. The highest BCUT2D eigenvalue weighted by Crippen LogP contribution is 2.30. The lowest BCUT2D eigenvalue weighted by atomic mass is 9.92. The minimum absolute atomic E-state index is 0.00513. The maximum absolute atomic E-state index is 12.9. The van der Waals surface area contributed by atoms with Gasteiger partial charge in [0.1, 0.15) is 17.6 Å². The molecule has 3 rings (SSSR count). The molecule has 0 radical (unpaired) electrons. The third-order valence-electron chi connectivity index (χ3n) is 5.17. The first kappa shape index (κ1) is 22.3. The second-order valence-corrected chi connectivity index (χ2v) is 8.04. The summed E-state index contributed by atoms with van der Waals surface area (Å²) in [6.07, 6.45) is 5.67. The highest BCUT2D eigenvalue weighted by atomic mass is 16.2. The number of hydrogen-bond acceptors (Lipinski definition) is 7. The molecule has 0 aliphatic carbocycles. The van der Waals surface area contributed by atoms with Crippen molar-refractivity contribution in [1.29, 1.82) is 5.41 Å². The van der Waals surface area contributed by atoms with Crippen LogP contribution >= 0.6 is 0 Å². The second kappa shape index (κ2) is 9.17. The van der Waals surface area contributed by atoms with E-state index in [9.17, 15) is 9.59 Å². The molecule has 31 heavy (non-hydrogen) atoms. The summed E-state index contributed by atoms with van der Waals surface area (Å²) in [7, 11) is 3.41. The molecule has 3 N–H and O–H groups in total. The maximum Gasteiger partial charge on any atom is 0.270 e. The molecule has 10 heteroatoms. The van der Waals surface area contributed by atoms with Gasteiger partial charge in [0.15, 0.2) is 5.82 Å². The number of hydrogen-bond donors (Lipinski definition) is 3. The first-order chi connectivity index (χ1) is 14.8. The molecule has 1 unspecified atom stereocenters. The number of likely N-dealkylation sites (tertiary alicyclic amines) is 1. The minimum Gasteiger partial charge on any atom is -0.336 e. The molecule has 2 aromatic rings. The predicted molar refractivity (Wildman–Crippen MR) is 118 cm³/mol. The molecular formula is C21H28N8O2. The number of rotatable bonds is 7. The Morgan fingerprint density at radius 1 is 1.42 bits per heavy atom. The van der Waals surface area contributed by atoms with Crippen molar-refractivity contribution in [3.05, 3.63) is 41.9 Å². The number of carbonyl (C=O) groups excluding carboxylic acids is 2. The van der Waals surface area contributed by atoms with Crippen LogP contribution in [0.5, 0.6) is 0 Å². The molecule has 0 spiro atoms. The fourth-order valence-corrected chi connectivity index (χ4v) is 3.36. The molecule has 1 atom stereocenters. The van der Waals surface area contributed by atoms with Crippen molar-refractivity contribution < 1.29 is 9.59 Å². The van der Waals surface area contributed by atoms with Crippen molar-refractivity contribution >= 4 is 23.9 Å². The zero-order chi connectivity index (χ0) is 22.6. The molecule has 2 aromatic heterocycles. The van der Waals surface area contributed by atoms with Gasteiger partial charge in [0.2, 0.25) is 5.91 Å². The summed E-state index contributed by atoms with van der Waals surface area (Å²) in [4.78, 5) is 35.2. The number of amidine groups is 1. The van der Waals surface area contributed by atoms with Crippen molar-refractivity contribution in [2.75, 3.05) is 20.6 Å². The summed E-state index contributed by atoms with van der Waals surface area (Å²) in [6.45, 7) is 4.83. The number of nitrogens with zero attached hydrogens (tertiary/aromatic N) is 5. The minimum atomic E-state index is -0.840. The van der Waals surface area contributed by atoms with Gasteiger partial charge in [0.25, 0.3) is 5.91 Å². The highest BCUT2D eigenvalue weighted by molar-refractivity contribution is 6.11. The van der Waals surface area contributed by atoms with Crippen LogP contribution in [-0.4, -0.2) is 70.2 Å².